The van der Waals surface area contributed by atoms with Crippen LogP contribution in [0.5, 0.6) is 0 Å². The summed E-state index contributed by atoms with van der Waals surface area (Å²) in [6.45, 7) is 2.53. The average Bonchev–Trinajstić information content (AvgIpc) is 3.03. The molecule has 0 N–H and O–H groups in total. The molecule has 0 spiro atoms. The molecule has 2 nitrogen and oxygen atoms in total. The lowest BCUT2D eigenvalue weighted by Gasteiger charge is -2.23. The van der Waals surface area contributed by atoms with Crippen LogP contribution >= 0.6 is 11.6 Å². The molecule has 3 rings (SSSR count). The van der Waals surface area contributed by atoms with Crippen LogP contribution in [0, 0.1) is 11.7 Å². The third-order valence-corrected chi connectivity index (χ3v) is 3.97. The summed E-state index contributed by atoms with van der Waals surface area (Å²) in [5.74, 6) is -0.0941. The van der Waals surface area contributed by atoms with Crippen LogP contribution in [-0.4, -0.2) is 16.8 Å². The maximum absolute atomic E-state index is 13.7. The van der Waals surface area contributed by atoms with Gasteiger partial charge in [-0.2, -0.15) is 0 Å². The minimum absolute atomic E-state index is 0.187. The molecule has 1 fully saturated rings. The number of rotatable bonds is 2. The van der Waals surface area contributed by atoms with Crippen molar-refractivity contribution in [2.45, 2.75) is 32.4 Å². The van der Waals surface area contributed by atoms with Gasteiger partial charge in [-0.05, 0) is 43.4 Å². The highest BCUT2D eigenvalue weighted by molar-refractivity contribution is 6.30. The lowest BCUT2D eigenvalue weighted by molar-refractivity contribution is 0.0694. The van der Waals surface area contributed by atoms with Crippen LogP contribution < -0.4 is 0 Å². The van der Waals surface area contributed by atoms with Crippen molar-refractivity contribution in [1.82, 2.24) is 4.90 Å². The molecule has 1 aliphatic carbocycles. The van der Waals surface area contributed by atoms with E-state index in [9.17, 15) is 9.18 Å². The second-order valence-corrected chi connectivity index (χ2v) is 5.37. The fraction of sp³-hybridized carbons (Fsp3) is 0.462. The Morgan fingerprint density at radius 3 is 2.82 bits per heavy atom. The summed E-state index contributed by atoms with van der Waals surface area (Å²) in [5.41, 5.74) is 0.925. The van der Waals surface area contributed by atoms with Crippen LogP contribution in [-0.2, 0) is 6.54 Å². The van der Waals surface area contributed by atoms with Crippen LogP contribution in [0.4, 0.5) is 4.39 Å². The minimum Gasteiger partial charge on any atom is -0.331 e. The first kappa shape index (κ1) is 11.0. The van der Waals surface area contributed by atoms with Gasteiger partial charge in [0.2, 0.25) is 0 Å². The van der Waals surface area contributed by atoms with Gasteiger partial charge in [0.25, 0.3) is 5.91 Å². The molecule has 2 aliphatic rings. The van der Waals surface area contributed by atoms with Crippen LogP contribution in [0.1, 0.15) is 35.7 Å². The van der Waals surface area contributed by atoms with Crippen LogP contribution in [0.2, 0.25) is 5.02 Å². The van der Waals surface area contributed by atoms with Gasteiger partial charge in [0.15, 0.2) is 0 Å². The molecule has 17 heavy (non-hydrogen) atoms. The summed E-state index contributed by atoms with van der Waals surface area (Å²) in [6.07, 6.45) is 2.34. The van der Waals surface area contributed by atoms with Gasteiger partial charge in [0.1, 0.15) is 5.82 Å². The second-order valence-electron chi connectivity index (χ2n) is 4.93. The number of hydrogen-bond donors (Lipinski definition) is 0. The van der Waals surface area contributed by atoms with Gasteiger partial charge in [0.05, 0.1) is 5.56 Å². The number of amides is 1. The van der Waals surface area contributed by atoms with Gasteiger partial charge < -0.3 is 4.90 Å². The highest BCUT2D eigenvalue weighted by Crippen LogP contribution is 2.39. The molecular formula is C13H13ClFNO. The normalized spacial score (nSPS) is 20.6. The summed E-state index contributed by atoms with van der Waals surface area (Å²) >= 11 is 5.81. The molecule has 1 aromatic carbocycles. The molecule has 1 amide bonds. The quantitative estimate of drug-likeness (QED) is 0.792. The zero-order chi connectivity index (χ0) is 12.2. The molecule has 1 aromatic rings. The Labute approximate surface area is 104 Å². The van der Waals surface area contributed by atoms with Crippen molar-refractivity contribution in [3.63, 3.8) is 0 Å². The van der Waals surface area contributed by atoms with Crippen molar-refractivity contribution in [3.05, 3.63) is 34.1 Å². The zero-order valence-electron chi connectivity index (χ0n) is 9.54. The molecule has 0 bridgehead atoms. The van der Waals surface area contributed by atoms with E-state index in [0.29, 0.717) is 23.0 Å². The Bertz CT molecular complexity index is 498. The number of halogens is 2. The lowest BCUT2D eigenvalue weighted by atomic mass is 10.1. The van der Waals surface area contributed by atoms with E-state index < -0.39 is 5.82 Å². The summed E-state index contributed by atoms with van der Waals surface area (Å²) in [6, 6.07) is 3.11. The van der Waals surface area contributed by atoms with Crippen LogP contribution in [0.25, 0.3) is 0 Å². The molecule has 0 radical (unpaired) electrons. The van der Waals surface area contributed by atoms with Crippen molar-refractivity contribution < 1.29 is 9.18 Å². The maximum Gasteiger partial charge on any atom is 0.257 e. The maximum atomic E-state index is 13.7. The average molecular weight is 254 g/mol. The first-order valence-electron chi connectivity index (χ1n) is 5.87. The molecule has 90 valence electrons. The van der Waals surface area contributed by atoms with Crippen LogP contribution in [0.3, 0.4) is 0 Å². The van der Waals surface area contributed by atoms with Crippen molar-refractivity contribution >= 4 is 17.5 Å². The van der Waals surface area contributed by atoms with Crippen molar-refractivity contribution in [2.24, 2.45) is 5.92 Å². The second kappa shape index (κ2) is 3.70. The zero-order valence-corrected chi connectivity index (χ0v) is 10.3. The van der Waals surface area contributed by atoms with E-state index >= 15 is 0 Å². The SMILES string of the molecule is CC(C1CC1)N1Cc2cc(Cl)cc(F)c2C1=O. The Balaban J connectivity index is 1.96. The van der Waals surface area contributed by atoms with Gasteiger partial charge in [0, 0.05) is 17.6 Å². The van der Waals surface area contributed by atoms with E-state index in [0.717, 1.165) is 0 Å². The fourth-order valence-corrected chi connectivity index (χ4v) is 2.78. The Kier molecular flexibility index (Phi) is 2.40. The smallest absolute Gasteiger partial charge is 0.257 e. The molecule has 1 aliphatic heterocycles. The fourth-order valence-electron chi connectivity index (χ4n) is 2.55. The molecule has 1 heterocycles. The first-order valence-corrected chi connectivity index (χ1v) is 6.24. The van der Waals surface area contributed by atoms with Gasteiger partial charge >= 0.3 is 0 Å². The number of carbonyl (C=O) groups is 1. The van der Waals surface area contributed by atoms with Crippen LogP contribution in [0.15, 0.2) is 12.1 Å². The first-order chi connectivity index (χ1) is 8.08. The summed E-state index contributed by atoms with van der Waals surface area (Å²) in [5, 5.41) is 0.356. The Hall–Kier alpha value is -1.09. The third-order valence-electron chi connectivity index (χ3n) is 3.75. The minimum atomic E-state index is -0.497. The molecule has 0 saturated heterocycles. The number of fused-ring (bicyclic) bond motifs is 1. The topological polar surface area (TPSA) is 20.3 Å². The lowest BCUT2D eigenvalue weighted by Crippen LogP contribution is -2.34. The number of nitrogens with zero attached hydrogens (tertiary/aromatic N) is 1. The van der Waals surface area contributed by atoms with Crippen molar-refractivity contribution in [2.75, 3.05) is 0 Å². The van der Waals surface area contributed by atoms with Gasteiger partial charge in [-0.3, -0.25) is 4.79 Å². The highest BCUT2D eigenvalue weighted by atomic mass is 35.5. The van der Waals surface area contributed by atoms with Gasteiger partial charge in [-0.15, -0.1) is 0 Å². The van der Waals surface area contributed by atoms with E-state index in [2.05, 4.69) is 0 Å². The summed E-state index contributed by atoms with van der Waals surface area (Å²) in [4.78, 5) is 13.9. The number of benzene rings is 1. The number of hydrogen-bond acceptors (Lipinski definition) is 1. The molecule has 4 heteroatoms. The Morgan fingerprint density at radius 1 is 1.47 bits per heavy atom. The van der Waals surface area contributed by atoms with Gasteiger partial charge in [-0.1, -0.05) is 11.6 Å². The van der Waals surface area contributed by atoms with E-state index in [4.69, 9.17) is 11.6 Å². The van der Waals surface area contributed by atoms with E-state index in [1.165, 1.54) is 18.9 Å². The van der Waals surface area contributed by atoms with Crippen molar-refractivity contribution in [1.29, 1.82) is 0 Å². The summed E-state index contributed by atoms with van der Waals surface area (Å²) < 4.78 is 13.7. The number of carbonyl (C=O) groups excluding carboxylic acids is 1. The summed E-state index contributed by atoms with van der Waals surface area (Å²) in [7, 11) is 0. The molecule has 1 saturated carbocycles. The monoisotopic (exact) mass is 253 g/mol. The van der Waals surface area contributed by atoms with E-state index in [1.807, 2.05) is 6.92 Å². The predicted octanol–water partition coefficient (Wildman–Crippen LogP) is 3.23. The standard InChI is InChI=1S/C13H13ClFNO/c1-7(8-2-3-8)16-6-9-4-10(14)5-11(15)12(9)13(16)17/h4-5,7-8H,2-3,6H2,1H3. The Morgan fingerprint density at radius 2 is 2.18 bits per heavy atom. The molecular weight excluding hydrogens is 241 g/mol. The molecule has 1 unspecified atom stereocenters. The molecule has 0 aromatic heterocycles. The largest absolute Gasteiger partial charge is 0.331 e. The third kappa shape index (κ3) is 1.73. The van der Waals surface area contributed by atoms with Crippen molar-refractivity contribution in [3.8, 4) is 0 Å². The van der Waals surface area contributed by atoms with Gasteiger partial charge in [-0.25, -0.2) is 4.39 Å². The van der Waals surface area contributed by atoms with E-state index in [-0.39, 0.29) is 17.5 Å². The van der Waals surface area contributed by atoms with E-state index in [1.54, 1.807) is 11.0 Å². The highest BCUT2D eigenvalue weighted by Gasteiger charge is 2.39. The predicted molar refractivity (Wildman–Crippen MR) is 63.5 cm³/mol. The molecule has 1 atom stereocenters.